The average molecular weight is 338 g/mol. The van der Waals surface area contributed by atoms with Crippen molar-refractivity contribution in [2.24, 2.45) is 5.92 Å². The van der Waals surface area contributed by atoms with Gasteiger partial charge in [-0.15, -0.1) is 0 Å². The minimum Gasteiger partial charge on any atom is -0.462 e. The molecule has 6 nitrogen and oxygen atoms in total. The number of furan rings is 1. The zero-order valence-corrected chi connectivity index (χ0v) is 14.4. The van der Waals surface area contributed by atoms with Gasteiger partial charge < -0.3 is 19.4 Å². The largest absolute Gasteiger partial charge is 0.462 e. The Morgan fingerprint density at radius 3 is 2.58 bits per heavy atom. The third-order valence-electron chi connectivity index (χ3n) is 5.28. The van der Waals surface area contributed by atoms with Crippen LogP contribution in [0.1, 0.15) is 30.8 Å². The number of morpholine rings is 1. The molecule has 2 N–H and O–H groups in total. The van der Waals surface area contributed by atoms with Gasteiger partial charge in [-0.1, -0.05) is 0 Å². The van der Waals surface area contributed by atoms with Crippen molar-refractivity contribution in [1.29, 1.82) is 0 Å². The Bertz CT molecular complexity index is 487. The lowest BCUT2D eigenvalue weighted by Crippen LogP contribution is -2.53. The fourth-order valence-corrected chi connectivity index (χ4v) is 4.08. The van der Waals surface area contributed by atoms with E-state index < -0.39 is 0 Å². The number of piperidine rings is 1. The highest BCUT2D eigenvalue weighted by atomic mass is 16.5. The van der Waals surface area contributed by atoms with Gasteiger partial charge in [-0.25, -0.2) is 0 Å². The lowest BCUT2D eigenvalue weighted by molar-refractivity contribution is -0.0239. The number of ether oxygens (including phenoxy) is 1. The lowest BCUT2D eigenvalue weighted by Gasteiger charge is -2.45. The molecule has 0 bridgehead atoms. The summed E-state index contributed by atoms with van der Waals surface area (Å²) < 4.78 is 11.1. The first kappa shape index (κ1) is 17.9. The van der Waals surface area contributed by atoms with Crippen molar-refractivity contribution in [3.63, 3.8) is 0 Å². The molecule has 0 spiro atoms. The summed E-state index contributed by atoms with van der Waals surface area (Å²) in [5.74, 6) is 2.13. The maximum Gasteiger partial charge on any atom is 0.129 e. The van der Waals surface area contributed by atoms with Gasteiger partial charge in [0.05, 0.1) is 19.8 Å². The highest BCUT2D eigenvalue weighted by molar-refractivity contribution is 5.06. The van der Waals surface area contributed by atoms with Crippen molar-refractivity contribution < 1.29 is 19.4 Å². The summed E-state index contributed by atoms with van der Waals surface area (Å²) >= 11 is 0. The number of likely N-dealkylation sites (tertiary alicyclic amines) is 1. The first-order valence-corrected chi connectivity index (χ1v) is 9.13. The Hall–Kier alpha value is -0.920. The highest BCUT2D eigenvalue weighted by Crippen LogP contribution is 2.28. The molecular weight excluding hydrogens is 308 g/mol. The van der Waals surface area contributed by atoms with Crippen LogP contribution in [0.5, 0.6) is 0 Å². The van der Waals surface area contributed by atoms with Gasteiger partial charge in [0.15, 0.2) is 0 Å². The topological polar surface area (TPSA) is 69.3 Å². The summed E-state index contributed by atoms with van der Waals surface area (Å²) in [4.78, 5) is 5.03. The lowest BCUT2D eigenvalue weighted by atomic mass is 9.86. The van der Waals surface area contributed by atoms with Crippen LogP contribution in [0.2, 0.25) is 0 Å². The molecule has 136 valence electrons. The summed E-state index contributed by atoms with van der Waals surface area (Å²) in [6, 6.07) is 4.41. The Kier molecular flexibility index (Phi) is 6.68. The maximum atomic E-state index is 9.24. The van der Waals surface area contributed by atoms with E-state index in [0.717, 1.165) is 71.0 Å². The average Bonchev–Trinajstić information content (AvgIpc) is 3.08. The van der Waals surface area contributed by atoms with E-state index in [2.05, 4.69) is 9.80 Å². The van der Waals surface area contributed by atoms with Crippen LogP contribution in [0.15, 0.2) is 16.5 Å². The van der Waals surface area contributed by atoms with E-state index in [4.69, 9.17) is 14.3 Å². The van der Waals surface area contributed by atoms with Crippen LogP contribution in [0.25, 0.3) is 0 Å². The van der Waals surface area contributed by atoms with Crippen LogP contribution in [-0.2, 0) is 17.9 Å². The third-order valence-corrected chi connectivity index (χ3v) is 5.28. The van der Waals surface area contributed by atoms with E-state index in [1.165, 1.54) is 0 Å². The molecule has 1 aromatic heterocycles. The van der Waals surface area contributed by atoms with Crippen molar-refractivity contribution >= 4 is 0 Å². The van der Waals surface area contributed by atoms with E-state index in [9.17, 15) is 5.11 Å². The first-order chi connectivity index (χ1) is 11.8. The maximum absolute atomic E-state index is 9.24. The second-order valence-electron chi connectivity index (χ2n) is 6.89. The molecule has 2 atom stereocenters. The summed E-state index contributed by atoms with van der Waals surface area (Å²) in [6.45, 7) is 6.85. The second kappa shape index (κ2) is 8.97. The zero-order chi connectivity index (χ0) is 16.8. The van der Waals surface area contributed by atoms with Crippen molar-refractivity contribution in [3.05, 3.63) is 23.7 Å². The van der Waals surface area contributed by atoms with Gasteiger partial charge in [-0.05, 0) is 37.3 Å². The fourth-order valence-electron chi connectivity index (χ4n) is 4.08. The molecule has 0 aliphatic carbocycles. The number of aliphatic hydroxyl groups is 2. The molecule has 0 aromatic carbocycles. The molecule has 2 aliphatic heterocycles. The summed E-state index contributed by atoms with van der Waals surface area (Å²) in [5, 5.41) is 18.4. The van der Waals surface area contributed by atoms with Crippen LogP contribution < -0.4 is 0 Å². The van der Waals surface area contributed by atoms with Gasteiger partial charge in [-0.3, -0.25) is 9.80 Å². The van der Waals surface area contributed by atoms with Gasteiger partial charge >= 0.3 is 0 Å². The number of rotatable bonds is 7. The Morgan fingerprint density at radius 2 is 1.88 bits per heavy atom. The predicted octanol–water partition coefficient (Wildman–Crippen LogP) is 1.07. The molecule has 0 saturated carbocycles. The van der Waals surface area contributed by atoms with Crippen LogP contribution in [-0.4, -0.2) is 72.1 Å². The van der Waals surface area contributed by atoms with E-state index in [1.54, 1.807) is 0 Å². The van der Waals surface area contributed by atoms with Crippen LogP contribution in [0, 0.1) is 5.92 Å². The molecule has 0 unspecified atom stereocenters. The first-order valence-electron chi connectivity index (χ1n) is 9.13. The molecule has 0 amide bonds. The molecule has 6 heteroatoms. The molecule has 0 radical (unpaired) electrons. The number of aliphatic hydroxyl groups excluding tert-OH is 2. The Labute approximate surface area is 144 Å². The molecule has 2 aliphatic rings. The summed E-state index contributed by atoms with van der Waals surface area (Å²) in [6.07, 6.45) is 3.09. The van der Waals surface area contributed by atoms with Crippen molar-refractivity contribution in [2.45, 2.75) is 38.5 Å². The van der Waals surface area contributed by atoms with Gasteiger partial charge in [0, 0.05) is 38.8 Å². The van der Waals surface area contributed by atoms with Crippen molar-refractivity contribution in [3.8, 4) is 0 Å². The number of nitrogens with zero attached hydrogens (tertiary/aromatic N) is 2. The van der Waals surface area contributed by atoms with Crippen LogP contribution in [0.3, 0.4) is 0 Å². The van der Waals surface area contributed by atoms with Crippen molar-refractivity contribution in [1.82, 2.24) is 9.80 Å². The molecule has 1 aromatic rings. The van der Waals surface area contributed by atoms with Crippen LogP contribution >= 0.6 is 0 Å². The van der Waals surface area contributed by atoms with E-state index in [0.29, 0.717) is 17.7 Å². The molecule has 3 rings (SSSR count). The van der Waals surface area contributed by atoms with Crippen LogP contribution in [0.4, 0.5) is 0 Å². The molecule has 3 heterocycles. The van der Waals surface area contributed by atoms with Gasteiger partial charge in [0.1, 0.15) is 18.1 Å². The Morgan fingerprint density at radius 1 is 1.08 bits per heavy atom. The SMILES string of the molecule is OCCC[C@@H]1CN(Cc2ccc(CO)o2)CC[C@@H]1N1CCOCC1. The summed E-state index contributed by atoms with van der Waals surface area (Å²) in [7, 11) is 0. The third kappa shape index (κ3) is 4.58. The number of hydrogen-bond donors (Lipinski definition) is 2. The standard InChI is InChI=1S/C18H30N2O4/c21-9-1-2-15-12-19(13-16-3-4-17(14-22)24-16)6-5-18(15)20-7-10-23-11-8-20/h3-4,15,18,21-22H,1-2,5-14H2/t15-,18+/m1/s1. The van der Waals surface area contributed by atoms with E-state index in [-0.39, 0.29) is 13.2 Å². The predicted molar refractivity (Wildman–Crippen MR) is 90.5 cm³/mol. The van der Waals surface area contributed by atoms with Gasteiger partial charge in [-0.2, -0.15) is 0 Å². The molecule has 2 saturated heterocycles. The van der Waals surface area contributed by atoms with Gasteiger partial charge in [0.25, 0.3) is 0 Å². The quantitative estimate of drug-likeness (QED) is 0.775. The molecule has 24 heavy (non-hydrogen) atoms. The highest BCUT2D eigenvalue weighted by Gasteiger charge is 2.33. The Balaban J connectivity index is 1.59. The van der Waals surface area contributed by atoms with Gasteiger partial charge in [0.2, 0.25) is 0 Å². The minimum atomic E-state index is -0.0434. The second-order valence-corrected chi connectivity index (χ2v) is 6.89. The molecular formula is C18H30N2O4. The summed E-state index contributed by atoms with van der Waals surface area (Å²) in [5.41, 5.74) is 0. The van der Waals surface area contributed by atoms with E-state index in [1.807, 2.05) is 12.1 Å². The fraction of sp³-hybridized carbons (Fsp3) is 0.778. The molecule has 2 fully saturated rings. The monoisotopic (exact) mass is 338 g/mol. The number of hydrogen-bond acceptors (Lipinski definition) is 6. The smallest absolute Gasteiger partial charge is 0.129 e. The van der Waals surface area contributed by atoms with E-state index >= 15 is 0 Å². The zero-order valence-electron chi connectivity index (χ0n) is 14.4. The minimum absolute atomic E-state index is 0.0434. The van der Waals surface area contributed by atoms with Crippen molar-refractivity contribution in [2.75, 3.05) is 46.0 Å². The normalized spacial score (nSPS) is 26.8.